The maximum absolute atomic E-state index is 12.6. The summed E-state index contributed by atoms with van der Waals surface area (Å²) in [6.45, 7) is 3.86. The normalized spacial score (nSPS) is 22.1. The van der Waals surface area contributed by atoms with E-state index in [2.05, 4.69) is 9.88 Å². The van der Waals surface area contributed by atoms with E-state index in [0.29, 0.717) is 0 Å². The molecule has 1 aromatic rings. The van der Waals surface area contributed by atoms with E-state index in [1.807, 2.05) is 17.2 Å². The summed E-state index contributed by atoms with van der Waals surface area (Å²) in [5.41, 5.74) is 2.37. The molecule has 142 valence electrons. The average Bonchev–Trinajstić information content (AvgIpc) is 2.73. The fourth-order valence-corrected chi connectivity index (χ4v) is 4.74. The lowest BCUT2D eigenvalue weighted by Gasteiger charge is -2.40. The molecule has 26 heavy (non-hydrogen) atoms. The van der Waals surface area contributed by atoms with E-state index in [0.717, 1.165) is 56.5 Å². The number of amides is 1. The summed E-state index contributed by atoms with van der Waals surface area (Å²) in [6, 6.07) is 2.67. The molecule has 0 N–H and O–H groups in total. The zero-order chi connectivity index (χ0) is 17.8. The number of aromatic nitrogens is 1. The molecule has 0 aromatic carbocycles. The third-order valence-electron chi connectivity index (χ3n) is 6.30. The highest BCUT2D eigenvalue weighted by Crippen LogP contribution is 2.28. The monoisotopic (exact) mass is 357 g/mol. The van der Waals surface area contributed by atoms with Crippen molar-refractivity contribution in [1.82, 2.24) is 14.8 Å². The molecule has 1 saturated carbocycles. The van der Waals surface area contributed by atoms with Crippen LogP contribution in [-0.4, -0.2) is 59.5 Å². The molecule has 0 atom stereocenters. The predicted molar refractivity (Wildman–Crippen MR) is 101 cm³/mol. The molecular weight excluding hydrogens is 326 g/mol. The van der Waals surface area contributed by atoms with E-state index in [4.69, 9.17) is 4.74 Å². The molecule has 4 rings (SSSR count). The van der Waals surface area contributed by atoms with Gasteiger partial charge in [-0.25, -0.2) is 0 Å². The van der Waals surface area contributed by atoms with Gasteiger partial charge >= 0.3 is 0 Å². The van der Waals surface area contributed by atoms with Gasteiger partial charge in [0.2, 0.25) is 0 Å². The number of hydrogen-bond acceptors (Lipinski definition) is 4. The Hall–Kier alpha value is -1.62. The topological polar surface area (TPSA) is 45.7 Å². The van der Waals surface area contributed by atoms with Crippen molar-refractivity contribution in [3.8, 4) is 5.75 Å². The second-order valence-corrected chi connectivity index (χ2v) is 7.94. The van der Waals surface area contributed by atoms with E-state index < -0.39 is 0 Å². The van der Waals surface area contributed by atoms with Crippen LogP contribution in [0, 0.1) is 0 Å². The van der Waals surface area contributed by atoms with Crippen molar-refractivity contribution >= 4 is 5.91 Å². The lowest BCUT2D eigenvalue weighted by atomic mass is 9.94. The Morgan fingerprint density at radius 1 is 1.04 bits per heavy atom. The highest BCUT2D eigenvalue weighted by atomic mass is 16.5. The van der Waals surface area contributed by atoms with Crippen LogP contribution >= 0.6 is 0 Å². The van der Waals surface area contributed by atoms with Gasteiger partial charge in [0.05, 0.1) is 0 Å². The van der Waals surface area contributed by atoms with Crippen LogP contribution in [0.25, 0.3) is 0 Å². The van der Waals surface area contributed by atoms with Crippen molar-refractivity contribution in [1.29, 1.82) is 0 Å². The minimum absolute atomic E-state index is 0.120. The summed E-state index contributed by atoms with van der Waals surface area (Å²) in [6.07, 6.45) is 13.1. The molecule has 0 bridgehead atoms. The predicted octanol–water partition coefficient (Wildman–Crippen LogP) is 2.82. The Balaban J connectivity index is 1.27. The molecular formula is C21H31N3O2. The first-order valence-corrected chi connectivity index (χ1v) is 10.4. The van der Waals surface area contributed by atoms with Gasteiger partial charge < -0.3 is 9.64 Å². The van der Waals surface area contributed by atoms with Crippen molar-refractivity contribution in [2.75, 3.05) is 32.8 Å². The van der Waals surface area contributed by atoms with E-state index in [9.17, 15) is 4.79 Å². The van der Waals surface area contributed by atoms with E-state index in [-0.39, 0.29) is 12.5 Å². The standard InChI is InChI=1S/C21H31N3O2/c25-21(16-26-20-10-11-22-19-9-5-4-8-18(19)20)24-14-12-23(13-15-24)17-6-2-1-3-7-17/h10-11,17H,1-9,12-16H2. The Labute approximate surface area is 156 Å². The van der Waals surface area contributed by atoms with E-state index in [1.165, 1.54) is 50.5 Å². The summed E-state index contributed by atoms with van der Waals surface area (Å²) < 4.78 is 5.92. The number of ether oxygens (including phenoxy) is 1. The van der Waals surface area contributed by atoms with Gasteiger partial charge in [0.15, 0.2) is 6.61 Å². The molecule has 2 heterocycles. The summed E-state index contributed by atoms with van der Waals surface area (Å²) in [5.74, 6) is 0.985. The van der Waals surface area contributed by atoms with Gasteiger partial charge in [-0.2, -0.15) is 0 Å². The highest BCUT2D eigenvalue weighted by molar-refractivity contribution is 5.78. The van der Waals surface area contributed by atoms with Crippen LogP contribution in [0.4, 0.5) is 0 Å². The number of piperazine rings is 1. The third-order valence-corrected chi connectivity index (χ3v) is 6.30. The molecule has 0 spiro atoms. The van der Waals surface area contributed by atoms with Crippen molar-refractivity contribution in [3.63, 3.8) is 0 Å². The smallest absolute Gasteiger partial charge is 0.260 e. The zero-order valence-corrected chi connectivity index (χ0v) is 15.8. The van der Waals surface area contributed by atoms with Gasteiger partial charge in [-0.15, -0.1) is 0 Å². The minimum atomic E-state index is 0.120. The number of carbonyl (C=O) groups is 1. The van der Waals surface area contributed by atoms with Crippen LogP contribution in [0.3, 0.4) is 0 Å². The minimum Gasteiger partial charge on any atom is -0.483 e. The molecule has 1 amide bonds. The number of carbonyl (C=O) groups excluding carboxylic acids is 1. The third kappa shape index (κ3) is 4.03. The second-order valence-electron chi connectivity index (χ2n) is 7.94. The van der Waals surface area contributed by atoms with Crippen molar-refractivity contribution in [3.05, 3.63) is 23.5 Å². The molecule has 5 nitrogen and oxygen atoms in total. The van der Waals surface area contributed by atoms with E-state index in [1.54, 1.807) is 0 Å². The molecule has 1 saturated heterocycles. The largest absolute Gasteiger partial charge is 0.483 e. The maximum Gasteiger partial charge on any atom is 0.260 e. The number of nitrogens with zero attached hydrogens (tertiary/aromatic N) is 3. The number of pyridine rings is 1. The van der Waals surface area contributed by atoms with Crippen LogP contribution in [0.2, 0.25) is 0 Å². The molecule has 2 fully saturated rings. The first-order valence-electron chi connectivity index (χ1n) is 10.4. The number of hydrogen-bond donors (Lipinski definition) is 0. The molecule has 2 aliphatic carbocycles. The van der Waals surface area contributed by atoms with Crippen LogP contribution in [-0.2, 0) is 17.6 Å². The molecule has 0 unspecified atom stereocenters. The number of aryl methyl sites for hydroxylation is 1. The van der Waals surface area contributed by atoms with Crippen LogP contribution in [0.1, 0.15) is 56.2 Å². The Morgan fingerprint density at radius 3 is 2.62 bits per heavy atom. The Morgan fingerprint density at radius 2 is 1.81 bits per heavy atom. The van der Waals surface area contributed by atoms with Crippen LogP contribution in [0.5, 0.6) is 5.75 Å². The van der Waals surface area contributed by atoms with Crippen molar-refractivity contribution in [2.24, 2.45) is 0 Å². The lowest BCUT2D eigenvalue weighted by molar-refractivity contribution is -0.135. The maximum atomic E-state index is 12.6. The molecule has 1 aliphatic heterocycles. The molecule has 3 aliphatic rings. The van der Waals surface area contributed by atoms with Gasteiger partial charge in [0.1, 0.15) is 5.75 Å². The lowest BCUT2D eigenvalue weighted by Crippen LogP contribution is -2.53. The first-order chi connectivity index (χ1) is 12.8. The molecule has 5 heteroatoms. The fourth-order valence-electron chi connectivity index (χ4n) is 4.74. The van der Waals surface area contributed by atoms with Gasteiger partial charge in [-0.3, -0.25) is 14.7 Å². The molecule has 1 aromatic heterocycles. The Kier molecular flexibility index (Phi) is 5.73. The van der Waals surface area contributed by atoms with Crippen LogP contribution < -0.4 is 4.74 Å². The Bertz CT molecular complexity index is 620. The quantitative estimate of drug-likeness (QED) is 0.831. The summed E-state index contributed by atoms with van der Waals surface area (Å²) in [5, 5.41) is 0. The first kappa shape index (κ1) is 17.8. The average molecular weight is 357 g/mol. The van der Waals surface area contributed by atoms with Gasteiger partial charge in [-0.1, -0.05) is 19.3 Å². The zero-order valence-electron chi connectivity index (χ0n) is 15.8. The SMILES string of the molecule is O=C(COc1ccnc2c1CCCC2)N1CCN(C2CCCCC2)CC1. The summed E-state index contributed by atoms with van der Waals surface area (Å²) >= 11 is 0. The highest BCUT2D eigenvalue weighted by Gasteiger charge is 2.27. The van der Waals surface area contributed by atoms with Gasteiger partial charge in [0.25, 0.3) is 5.91 Å². The number of fused-ring (bicyclic) bond motifs is 1. The molecule has 0 radical (unpaired) electrons. The second kappa shape index (κ2) is 8.38. The van der Waals surface area contributed by atoms with Crippen LogP contribution in [0.15, 0.2) is 12.3 Å². The fraction of sp³-hybridized carbons (Fsp3) is 0.714. The van der Waals surface area contributed by atoms with E-state index >= 15 is 0 Å². The number of rotatable bonds is 4. The van der Waals surface area contributed by atoms with Gasteiger partial charge in [0, 0.05) is 49.7 Å². The van der Waals surface area contributed by atoms with Gasteiger partial charge in [-0.05, 0) is 44.6 Å². The van der Waals surface area contributed by atoms with Crippen molar-refractivity contribution in [2.45, 2.75) is 63.8 Å². The summed E-state index contributed by atoms with van der Waals surface area (Å²) in [4.78, 5) is 21.6. The summed E-state index contributed by atoms with van der Waals surface area (Å²) in [7, 11) is 0. The van der Waals surface area contributed by atoms with Crippen molar-refractivity contribution < 1.29 is 9.53 Å².